The van der Waals surface area contributed by atoms with Crippen molar-refractivity contribution in [3.8, 4) is 0 Å². The molecule has 1 aromatic heterocycles. The van der Waals surface area contributed by atoms with E-state index in [1.807, 2.05) is 24.3 Å². The van der Waals surface area contributed by atoms with E-state index < -0.39 is 10.0 Å². The van der Waals surface area contributed by atoms with Gasteiger partial charge in [0.25, 0.3) is 0 Å². The SMILES string of the molecule is CNS(=O)(=O)c1ccc(NC(=O)/C=C/c2sc3ccccc3c2Cl)cc1. The number of fused-ring (bicyclic) bond motifs is 1. The summed E-state index contributed by atoms with van der Waals surface area (Å²) in [6, 6.07) is 13.7. The van der Waals surface area contributed by atoms with Crippen molar-refractivity contribution in [2.75, 3.05) is 12.4 Å². The van der Waals surface area contributed by atoms with Crippen molar-refractivity contribution in [1.82, 2.24) is 4.72 Å². The van der Waals surface area contributed by atoms with Crippen LogP contribution in [0.5, 0.6) is 0 Å². The zero-order chi connectivity index (χ0) is 18.7. The summed E-state index contributed by atoms with van der Waals surface area (Å²) in [4.78, 5) is 13.0. The highest BCUT2D eigenvalue weighted by atomic mass is 35.5. The van der Waals surface area contributed by atoms with Crippen LogP contribution in [0.4, 0.5) is 5.69 Å². The predicted octanol–water partition coefficient (Wildman–Crippen LogP) is 4.11. The third kappa shape index (κ3) is 3.96. The molecule has 0 radical (unpaired) electrons. The first-order chi connectivity index (χ1) is 12.4. The van der Waals surface area contributed by atoms with E-state index in [-0.39, 0.29) is 10.8 Å². The topological polar surface area (TPSA) is 75.3 Å². The fraction of sp³-hybridized carbons (Fsp3) is 0.0556. The fourth-order valence-corrected chi connectivity index (χ4v) is 4.44. The number of anilines is 1. The minimum Gasteiger partial charge on any atom is -0.323 e. The van der Waals surface area contributed by atoms with E-state index in [1.54, 1.807) is 6.08 Å². The Labute approximate surface area is 160 Å². The Bertz CT molecular complexity index is 1090. The molecule has 0 saturated carbocycles. The molecule has 1 amide bonds. The van der Waals surface area contributed by atoms with Gasteiger partial charge in [0.2, 0.25) is 15.9 Å². The van der Waals surface area contributed by atoms with Crippen LogP contribution >= 0.6 is 22.9 Å². The lowest BCUT2D eigenvalue weighted by Crippen LogP contribution is -2.18. The van der Waals surface area contributed by atoms with E-state index in [0.29, 0.717) is 10.7 Å². The first-order valence-corrected chi connectivity index (χ1v) is 10.3. The van der Waals surface area contributed by atoms with Crippen LogP contribution < -0.4 is 10.0 Å². The van der Waals surface area contributed by atoms with Gasteiger partial charge in [-0.1, -0.05) is 29.8 Å². The van der Waals surface area contributed by atoms with Crippen LogP contribution in [-0.2, 0) is 14.8 Å². The normalized spacial score (nSPS) is 11.9. The van der Waals surface area contributed by atoms with Gasteiger partial charge in [-0.15, -0.1) is 11.3 Å². The molecule has 0 aliphatic rings. The molecule has 26 heavy (non-hydrogen) atoms. The summed E-state index contributed by atoms with van der Waals surface area (Å²) in [5, 5.41) is 4.26. The van der Waals surface area contributed by atoms with Gasteiger partial charge < -0.3 is 5.32 Å². The molecule has 0 aliphatic heterocycles. The molecule has 8 heteroatoms. The Kier molecular flexibility index (Phi) is 5.43. The molecule has 0 bridgehead atoms. The third-order valence-corrected chi connectivity index (χ3v) is 6.73. The van der Waals surface area contributed by atoms with Crippen LogP contribution in [-0.4, -0.2) is 21.4 Å². The second kappa shape index (κ2) is 7.59. The van der Waals surface area contributed by atoms with Crippen LogP contribution in [0.2, 0.25) is 5.02 Å². The van der Waals surface area contributed by atoms with Crippen molar-refractivity contribution in [1.29, 1.82) is 0 Å². The number of nitrogens with one attached hydrogen (secondary N) is 2. The van der Waals surface area contributed by atoms with E-state index in [4.69, 9.17) is 11.6 Å². The lowest BCUT2D eigenvalue weighted by Gasteiger charge is -2.05. The first kappa shape index (κ1) is 18.6. The number of carbonyl (C=O) groups excluding carboxylic acids is 1. The third-order valence-electron chi connectivity index (χ3n) is 3.65. The van der Waals surface area contributed by atoms with Crippen LogP contribution in [0.1, 0.15) is 4.88 Å². The summed E-state index contributed by atoms with van der Waals surface area (Å²) < 4.78 is 26.6. The van der Waals surface area contributed by atoms with E-state index in [2.05, 4.69) is 10.0 Å². The largest absolute Gasteiger partial charge is 0.323 e. The highest BCUT2D eigenvalue weighted by Gasteiger charge is 2.11. The Morgan fingerprint density at radius 3 is 2.46 bits per heavy atom. The van der Waals surface area contributed by atoms with Crippen LogP contribution in [0.15, 0.2) is 59.5 Å². The number of hydrogen-bond donors (Lipinski definition) is 2. The molecule has 0 aliphatic carbocycles. The average Bonchev–Trinajstić information content (AvgIpc) is 2.97. The average molecular weight is 407 g/mol. The van der Waals surface area contributed by atoms with E-state index in [0.717, 1.165) is 15.0 Å². The molecule has 2 N–H and O–H groups in total. The highest BCUT2D eigenvalue weighted by Crippen LogP contribution is 2.35. The monoisotopic (exact) mass is 406 g/mol. The molecule has 0 unspecified atom stereocenters. The van der Waals surface area contributed by atoms with Gasteiger partial charge in [-0.2, -0.15) is 0 Å². The Balaban J connectivity index is 1.72. The van der Waals surface area contributed by atoms with Gasteiger partial charge in [-0.05, 0) is 43.5 Å². The van der Waals surface area contributed by atoms with Gasteiger partial charge in [0.05, 0.1) is 9.92 Å². The number of hydrogen-bond acceptors (Lipinski definition) is 4. The van der Waals surface area contributed by atoms with Crippen LogP contribution in [0, 0.1) is 0 Å². The number of rotatable bonds is 5. The van der Waals surface area contributed by atoms with Crippen LogP contribution in [0.25, 0.3) is 16.2 Å². The molecule has 0 spiro atoms. The molecular formula is C18H15ClN2O3S2. The first-order valence-electron chi connectivity index (χ1n) is 7.60. The zero-order valence-electron chi connectivity index (χ0n) is 13.7. The molecule has 5 nitrogen and oxygen atoms in total. The number of amides is 1. The minimum atomic E-state index is -3.50. The van der Waals surface area contributed by atoms with Gasteiger partial charge in [-0.3, -0.25) is 4.79 Å². The molecule has 2 aromatic carbocycles. The Morgan fingerprint density at radius 1 is 1.12 bits per heavy atom. The van der Waals surface area contributed by atoms with Crippen molar-refractivity contribution in [2.45, 2.75) is 4.90 Å². The summed E-state index contributed by atoms with van der Waals surface area (Å²) >= 11 is 7.85. The molecule has 1 heterocycles. The van der Waals surface area contributed by atoms with Gasteiger partial charge in [0.15, 0.2) is 0 Å². The number of carbonyl (C=O) groups is 1. The van der Waals surface area contributed by atoms with E-state index >= 15 is 0 Å². The second-order valence-electron chi connectivity index (χ2n) is 5.33. The standard InChI is InChI=1S/C18H15ClN2O3S2/c1-20-26(23,24)13-8-6-12(7-9-13)21-17(22)11-10-16-18(19)14-4-2-3-5-15(14)25-16/h2-11,20H,1H3,(H,21,22)/b11-10+. The van der Waals surface area contributed by atoms with Crippen molar-refractivity contribution < 1.29 is 13.2 Å². The maximum absolute atomic E-state index is 12.1. The molecule has 3 rings (SSSR count). The maximum Gasteiger partial charge on any atom is 0.248 e. The number of benzene rings is 2. The van der Waals surface area contributed by atoms with Gasteiger partial charge in [-0.25, -0.2) is 13.1 Å². The predicted molar refractivity (Wildman–Crippen MR) is 107 cm³/mol. The fourth-order valence-electron chi connectivity index (χ4n) is 2.31. The quantitative estimate of drug-likeness (QED) is 0.626. The number of halogens is 1. The number of thiophene rings is 1. The smallest absolute Gasteiger partial charge is 0.248 e. The van der Waals surface area contributed by atoms with E-state index in [9.17, 15) is 13.2 Å². The van der Waals surface area contributed by atoms with E-state index in [1.165, 1.54) is 48.7 Å². The van der Waals surface area contributed by atoms with Crippen molar-refractivity contribution >= 4 is 60.7 Å². The molecule has 0 fully saturated rings. The van der Waals surface area contributed by atoms with Gasteiger partial charge >= 0.3 is 0 Å². The highest BCUT2D eigenvalue weighted by molar-refractivity contribution is 7.89. The molecule has 0 atom stereocenters. The van der Waals surface area contributed by atoms with Crippen LogP contribution in [0.3, 0.4) is 0 Å². The Morgan fingerprint density at radius 2 is 1.81 bits per heavy atom. The summed E-state index contributed by atoms with van der Waals surface area (Å²) in [5.41, 5.74) is 0.497. The second-order valence-corrected chi connectivity index (χ2v) is 8.68. The maximum atomic E-state index is 12.1. The minimum absolute atomic E-state index is 0.130. The lowest BCUT2D eigenvalue weighted by molar-refractivity contribution is -0.111. The van der Waals surface area contributed by atoms with Gasteiger partial charge in [0, 0.05) is 26.7 Å². The van der Waals surface area contributed by atoms with Crippen molar-refractivity contribution in [3.05, 3.63) is 64.5 Å². The van der Waals surface area contributed by atoms with Crippen molar-refractivity contribution in [3.63, 3.8) is 0 Å². The summed E-state index contributed by atoms with van der Waals surface area (Å²) in [6.07, 6.45) is 3.07. The molecular weight excluding hydrogens is 392 g/mol. The van der Waals surface area contributed by atoms with Crippen molar-refractivity contribution in [2.24, 2.45) is 0 Å². The number of sulfonamides is 1. The summed E-state index contributed by atoms with van der Waals surface area (Å²) in [5.74, 6) is -0.331. The molecule has 3 aromatic rings. The molecule has 0 saturated heterocycles. The molecule has 134 valence electrons. The summed E-state index contributed by atoms with van der Waals surface area (Å²) in [6.45, 7) is 0. The zero-order valence-corrected chi connectivity index (χ0v) is 16.1. The van der Waals surface area contributed by atoms with Gasteiger partial charge in [0.1, 0.15) is 0 Å². The Hall–Kier alpha value is -2.19. The summed E-state index contributed by atoms with van der Waals surface area (Å²) in [7, 11) is -2.16. The lowest BCUT2D eigenvalue weighted by atomic mass is 10.2.